The predicted molar refractivity (Wildman–Crippen MR) is 104 cm³/mol. The second-order valence-electron chi connectivity index (χ2n) is 6.83. The second-order valence-corrected chi connectivity index (χ2v) is 8.77. The molecule has 2 rings (SSSR count). The van der Waals surface area contributed by atoms with E-state index in [1.165, 1.54) is 29.6 Å². The first-order chi connectivity index (χ1) is 13.2. The molecule has 0 spiro atoms. The number of phenolic OH excluding ortho intramolecular Hbond substituents is 1. The van der Waals surface area contributed by atoms with Crippen molar-refractivity contribution in [2.75, 3.05) is 25.5 Å². The standard InChI is InChI=1S/C19H28N2O6S/c1-4-21(5-2)28(25,26)15-10-11-17(22)16(12-15)20-18(23)13-6-8-14(9-7-13)19(24)27-3/h10-14,22H,4-9H2,1-3H3,(H,20,23). The van der Waals surface area contributed by atoms with E-state index in [9.17, 15) is 23.1 Å². The number of benzene rings is 1. The molecule has 156 valence electrons. The molecule has 0 aromatic heterocycles. The van der Waals surface area contributed by atoms with E-state index in [1.54, 1.807) is 13.8 Å². The van der Waals surface area contributed by atoms with E-state index in [4.69, 9.17) is 4.74 Å². The molecular weight excluding hydrogens is 384 g/mol. The zero-order valence-corrected chi connectivity index (χ0v) is 17.3. The smallest absolute Gasteiger partial charge is 0.308 e. The van der Waals surface area contributed by atoms with Crippen molar-refractivity contribution < 1.29 is 27.9 Å². The van der Waals surface area contributed by atoms with Gasteiger partial charge in [-0.05, 0) is 43.9 Å². The monoisotopic (exact) mass is 412 g/mol. The molecule has 1 aromatic carbocycles. The van der Waals surface area contributed by atoms with Crippen LogP contribution in [0.1, 0.15) is 39.5 Å². The van der Waals surface area contributed by atoms with Crippen LogP contribution in [0.25, 0.3) is 0 Å². The maximum atomic E-state index is 12.7. The highest BCUT2D eigenvalue weighted by atomic mass is 32.2. The lowest BCUT2D eigenvalue weighted by molar-refractivity contribution is -0.147. The first-order valence-corrected chi connectivity index (χ1v) is 10.9. The Bertz CT molecular complexity index is 812. The number of hydrogen-bond donors (Lipinski definition) is 2. The Morgan fingerprint density at radius 2 is 1.71 bits per heavy atom. The van der Waals surface area contributed by atoms with Crippen molar-refractivity contribution in [3.63, 3.8) is 0 Å². The van der Waals surface area contributed by atoms with Crippen LogP contribution in [-0.4, -0.2) is 49.9 Å². The molecule has 1 saturated carbocycles. The molecule has 0 aliphatic heterocycles. The van der Waals surface area contributed by atoms with E-state index in [1.807, 2.05) is 0 Å². The minimum atomic E-state index is -3.70. The third kappa shape index (κ3) is 4.82. The normalized spacial score (nSPS) is 20.0. The number of aromatic hydroxyl groups is 1. The maximum Gasteiger partial charge on any atom is 0.308 e. The van der Waals surface area contributed by atoms with Crippen LogP contribution in [0.3, 0.4) is 0 Å². The van der Waals surface area contributed by atoms with Crippen LogP contribution >= 0.6 is 0 Å². The number of amides is 1. The summed E-state index contributed by atoms with van der Waals surface area (Å²) in [6, 6.07) is 3.86. The molecule has 9 heteroatoms. The summed E-state index contributed by atoms with van der Waals surface area (Å²) in [4.78, 5) is 24.2. The predicted octanol–water partition coefficient (Wildman–Crippen LogP) is 2.34. The molecule has 0 unspecified atom stereocenters. The molecule has 1 amide bonds. The summed E-state index contributed by atoms with van der Waals surface area (Å²) < 4.78 is 31.4. The van der Waals surface area contributed by atoms with Crippen LogP contribution in [0.2, 0.25) is 0 Å². The van der Waals surface area contributed by atoms with Gasteiger partial charge in [-0.3, -0.25) is 9.59 Å². The zero-order chi connectivity index (χ0) is 20.9. The Kier molecular flexibility index (Phi) is 7.42. The highest BCUT2D eigenvalue weighted by molar-refractivity contribution is 7.89. The van der Waals surface area contributed by atoms with Gasteiger partial charge in [0.1, 0.15) is 5.75 Å². The highest BCUT2D eigenvalue weighted by Crippen LogP contribution is 2.32. The first-order valence-electron chi connectivity index (χ1n) is 9.46. The number of rotatable bonds is 7. The molecule has 1 aliphatic carbocycles. The first kappa shape index (κ1) is 22.2. The quantitative estimate of drug-likeness (QED) is 0.525. The molecule has 0 saturated heterocycles. The molecule has 0 atom stereocenters. The maximum absolute atomic E-state index is 12.7. The van der Waals surface area contributed by atoms with Gasteiger partial charge in [-0.15, -0.1) is 0 Å². The Labute approximate surface area is 165 Å². The van der Waals surface area contributed by atoms with Gasteiger partial charge in [-0.2, -0.15) is 4.31 Å². The number of phenols is 1. The van der Waals surface area contributed by atoms with Gasteiger partial charge in [0.25, 0.3) is 0 Å². The molecule has 1 aliphatic rings. The number of nitrogens with zero attached hydrogens (tertiary/aromatic N) is 1. The molecule has 28 heavy (non-hydrogen) atoms. The molecule has 0 bridgehead atoms. The number of carbonyl (C=O) groups excluding carboxylic acids is 2. The number of methoxy groups -OCH3 is 1. The number of carbonyl (C=O) groups is 2. The van der Waals surface area contributed by atoms with Crippen molar-refractivity contribution in [2.45, 2.75) is 44.4 Å². The van der Waals surface area contributed by atoms with E-state index in [2.05, 4.69) is 5.32 Å². The summed E-state index contributed by atoms with van der Waals surface area (Å²) in [5.41, 5.74) is 0.0633. The second kappa shape index (κ2) is 9.38. The van der Waals surface area contributed by atoms with Gasteiger partial charge in [-0.25, -0.2) is 8.42 Å². The summed E-state index contributed by atoms with van der Waals surface area (Å²) >= 11 is 0. The molecule has 1 aromatic rings. The number of nitrogens with one attached hydrogen (secondary N) is 1. The lowest BCUT2D eigenvalue weighted by Crippen LogP contribution is -2.31. The third-order valence-corrected chi connectivity index (χ3v) is 7.25. The van der Waals surface area contributed by atoms with Crippen molar-refractivity contribution in [1.82, 2.24) is 4.31 Å². The Balaban J connectivity index is 2.12. The van der Waals surface area contributed by atoms with Crippen molar-refractivity contribution >= 4 is 27.6 Å². The number of esters is 1. The molecule has 2 N–H and O–H groups in total. The molecular formula is C19H28N2O6S. The van der Waals surface area contributed by atoms with E-state index in [-0.39, 0.29) is 40.0 Å². The SMILES string of the molecule is CCN(CC)S(=O)(=O)c1ccc(O)c(NC(=O)C2CCC(C(=O)OC)CC2)c1. The summed E-state index contributed by atoms with van der Waals surface area (Å²) in [6.45, 7) is 4.14. The zero-order valence-electron chi connectivity index (χ0n) is 16.5. The van der Waals surface area contributed by atoms with Gasteiger partial charge >= 0.3 is 5.97 Å². The lowest BCUT2D eigenvalue weighted by Gasteiger charge is -2.26. The van der Waals surface area contributed by atoms with E-state index in [0.717, 1.165) is 0 Å². The third-order valence-electron chi connectivity index (χ3n) is 5.20. The number of anilines is 1. The Morgan fingerprint density at radius 3 is 2.25 bits per heavy atom. The fourth-order valence-electron chi connectivity index (χ4n) is 3.48. The molecule has 0 radical (unpaired) electrons. The minimum Gasteiger partial charge on any atom is -0.506 e. The van der Waals surface area contributed by atoms with Crippen LogP contribution in [0.5, 0.6) is 5.75 Å². The summed E-state index contributed by atoms with van der Waals surface area (Å²) in [6.07, 6.45) is 2.19. The van der Waals surface area contributed by atoms with Crippen molar-refractivity contribution in [3.8, 4) is 5.75 Å². The van der Waals surface area contributed by atoms with Crippen LogP contribution in [0.4, 0.5) is 5.69 Å². The van der Waals surface area contributed by atoms with Crippen LogP contribution in [-0.2, 0) is 24.3 Å². The summed E-state index contributed by atoms with van der Waals surface area (Å²) in [5, 5.41) is 12.7. The minimum absolute atomic E-state index is 0.0127. The van der Waals surface area contributed by atoms with Gasteiger partial charge in [0.2, 0.25) is 15.9 Å². The summed E-state index contributed by atoms with van der Waals surface area (Å²) in [7, 11) is -2.35. The van der Waals surface area contributed by atoms with Crippen molar-refractivity contribution in [3.05, 3.63) is 18.2 Å². The van der Waals surface area contributed by atoms with Gasteiger partial charge in [-0.1, -0.05) is 13.8 Å². The summed E-state index contributed by atoms with van der Waals surface area (Å²) in [5.74, 6) is -1.25. The van der Waals surface area contributed by atoms with E-state index < -0.39 is 10.0 Å². The van der Waals surface area contributed by atoms with E-state index in [0.29, 0.717) is 38.8 Å². The van der Waals surface area contributed by atoms with Crippen LogP contribution < -0.4 is 5.32 Å². The van der Waals surface area contributed by atoms with Gasteiger partial charge in [0.05, 0.1) is 23.6 Å². The highest BCUT2D eigenvalue weighted by Gasteiger charge is 2.31. The molecule has 8 nitrogen and oxygen atoms in total. The van der Waals surface area contributed by atoms with Crippen LogP contribution in [0.15, 0.2) is 23.1 Å². The van der Waals surface area contributed by atoms with Crippen LogP contribution in [0, 0.1) is 11.8 Å². The fraction of sp³-hybridized carbons (Fsp3) is 0.579. The average Bonchev–Trinajstić information content (AvgIpc) is 2.69. The van der Waals surface area contributed by atoms with Crippen molar-refractivity contribution in [2.24, 2.45) is 11.8 Å². The number of ether oxygens (including phenoxy) is 1. The van der Waals surface area contributed by atoms with Gasteiger partial charge in [0.15, 0.2) is 0 Å². The molecule has 0 heterocycles. The van der Waals surface area contributed by atoms with Gasteiger partial charge < -0.3 is 15.2 Å². The average molecular weight is 413 g/mol. The van der Waals surface area contributed by atoms with E-state index >= 15 is 0 Å². The number of sulfonamides is 1. The largest absolute Gasteiger partial charge is 0.506 e. The lowest BCUT2D eigenvalue weighted by atomic mass is 9.81. The van der Waals surface area contributed by atoms with Gasteiger partial charge in [0, 0.05) is 19.0 Å². The van der Waals surface area contributed by atoms with Crippen molar-refractivity contribution in [1.29, 1.82) is 0 Å². The topological polar surface area (TPSA) is 113 Å². The Hall–Kier alpha value is -2.13. The molecule has 1 fully saturated rings. The number of hydrogen-bond acceptors (Lipinski definition) is 6. The Morgan fingerprint density at radius 1 is 1.14 bits per heavy atom. The fourth-order valence-corrected chi connectivity index (χ4v) is 4.97.